The first-order valence-corrected chi connectivity index (χ1v) is 8.14. The van der Waals surface area contributed by atoms with Crippen LogP contribution in [0.5, 0.6) is 5.75 Å². The number of benzene rings is 1. The zero-order valence-electron chi connectivity index (χ0n) is 12.9. The van der Waals surface area contributed by atoms with E-state index in [1.54, 1.807) is 0 Å². The Balaban J connectivity index is 1.64. The SMILES string of the molecule is O=C(c1ccccc1OCC1CCNCC1)N1CCOCC1. The summed E-state index contributed by atoms with van der Waals surface area (Å²) in [5.74, 6) is 1.33. The fourth-order valence-electron chi connectivity index (χ4n) is 2.96. The van der Waals surface area contributed by atoms with Crippen LogP contribution in [0.2, 0.25) is 0 Å². The summed E-state index contributed by atoms with van der Waals surface area (Å²) in [5.41, 5.74) is 0.665. The van der Waals surface area contributed by atoms with Gasteiger partial charge in [0.2, 0.25) is 0 Å². The first kappa shape index (κ1) is 15.3. The molecule has 1 N–H and O–H groups in total. The number of nitrogens with zero attached hydrogens (tertiary/aromatic N) is 1. The van der Waals surface area contributed by atoms with Gasteiger partial charge in [0.1, 0.15) is 5.75 Å². The smallest absolute Gasteiger partial charge is 0.257 e. The van der Waals surface area contributed by atoms with Crippen LogP contribution in [0.1, 0.15) is 23.2 Å². The van der Waals surface area contributed by atoms with E-state index in [0.717, 1.165) is 25.9 Å². The molecule has 1 amide bonds. The third-order valence-corrected chi connectivity index (χ3v) is 4.35. The molecule has 0 radical (unpaired) electrons. The molecule has 2 aliphatic heterocycles. The van der Waals surface area contributed by atoms with E-state index in [9.17, 15) is 4.79 Å². The lowest BCUT2D eigenvalue weighted by Crippen LogP contribution is -2.40. The second-order valence-corrected chi connectivity index (χ2v) is 5.91. The number of amides is 1. The van der Waals surface area contributed by atoms with Crippen molar-refractivity contribution in [1.29, 1.82) is 0 Å². The number of hydrogen-bond acceptors (Lipinski definition) is 4. The molecule has 2 saturated heterocycles. The summed E-state index contributed by atoms with van der Waals surface area (Å²) >= 11 is 0. The number of carbonyl (C=O) groups is 1. The Morgan fingerprint density at radius 1 is 1.23 bits per heavy atom. The summed E-state index contributed by atoms with van der Waals surface area (Å²) in [7, 11) is 0. The van der Waals surface area contributed by atoms with Crippen molar-refractivity contribution in [3.63, 3.8) is 0 Å². The number of piperidine rings is 1. The molecule has 5 heteroatoms. The van der Waals surface area contributed by atoms with Gasteiger partial charge in [0.15, 0.2) is 0 Å². The van der Waals surface area contributed by atoms with Gasteiger partial charge in [-0.1, -0.05) is 12.1 Å². The van der Waals surface area contributed by atoms with Gasteiger partial charge < -0.3 is 19.7 Å². The second-order valence-electron chi connectivity index (χ2n) is 5.91. The molecule has 0 unspecified atom stereocenters. The molecule has 0 aliphatic carbocycles. The van der Waals surface area contributed by atoms with Gasteiger partial charge >= 0.3 is 0 Å². The van der Waals surface area contributed by atoms with Gasteiger partial charge in [-0.05, 0) is 44.0 Å². The van der Waals surface area contributed by atoms with Crippen LogP contribution in [0.3, 0.4) is 0 Å². The zero-order chi connectivity index (χ0) is 15.2. The molecule has 1 aromatic carbocycles. The predicted octanol–water partition coefficient (Wildman–Crippen LogP) is 1.54. The quantitative estimate of drug-likeness (QED) is 0.917. The normalized spacial score (nSPS) is 19.9. The van der Waals surface area contributed by atoms with E-state index in [-0.39, 0.29) is 5.91 Å². The number of hydrogen-bond donors (Lipinski definition) is 1. The summed E-state index contributed by atoms with van der Waals surface area (Å²) in [6.45, 7) is 5.34. The van der Waals surface area contributed by atoms with Crippen molar-refractivity contribution in [2.24, 2.45) is 5.92 Å². The topological polar surface area (TPSA) is 50.8 Å². The molecule has 3 rings (SSSR count). The number of rotatable bonds is 4. The van der Waals surface area contributed by atoms with Crippen LogP contribution in [0, 0.1) is 5.92 Å². The van der Waals surface area contributed by atoms with Gasteiger partial charge in [0.25, 0.3) is 5.91 Å². The summed E-state index contributed by atoms with van der Waals surface area (Å²) in [4.78, 5) is 14.5. The minimum Gasteiger partial charge on any atom is -0.492 e. The molecule has 120 valence electrons. The molecule has 22 heavy (non-hydrogen) atoms. The summed E-state index contributed by atoms with van der Waals surface area (Å²) in [6, 6.07) is 7.57. The Labute approximate surface area is 131 Å². The molecule has 2 fully saturated rings. The number of morpholine rings is 1. The van der Waals surface area contributed by atoms with Crippen LogP contribution in [0.15, 0.2) is 24.3 Å². The van der Waals surface area contributed by atoms with Crippen molar-refractivity contribution < 1.29 is 14.3 Å². The molecule has 0 spiro atoms. The number of carbonyl (C=O) groups excluding carboxylic acids is 1. The Morgan fingerprint density at radius 2 is 1.95 bits per heavy atom. The molecule has 2 aliphatic rings. The van der Waals surface area contributed by atoms with Crippen LogP contribution < -0.4 is 10.1 Å². The van der Waals surface area contributed by atoms with Crippen molar-refractivity contribution >= 4 is 5.91 Å². The third-order valence-electron chi connectivity index (χ3n) is 4.35. The lowest BCUT2D eigenvalue weighted by molar-refractivity contribution is 0.0300. The van der Waals surface area contributed by atoms with Crippen LogP contribution in [-0.4, -0.2) is 56.8 Å². The van der Waals surface area contributed by atoms with E-state index in [0.29, 0.717) is 50.1 Å². The van der Waals surface area contributed by atoms with Gasteiger partial charge in [-0.2, -0.15) is 0 Å². The van der Waals surface area contributed by atoms with Crippen LogP contribution in [0.4, 0.5) is 0 Å². The van der Waals surface area contributed by atoms with E-state index in [4.69, 9.17) is 9.47 Å². The van der Waals surface area contributed by atoms with Crippen LogP contribution in [-0.2, 0) is 4.74 Å². The van der Waals surface area contributed by atoms with E-state index >= 15 is 0 Å². The standard InChI is InChI=1S/C17H24N2O3/c20-17(19-9-11-21-12-10-19)15-3-1-2-4-16(15)22-13-14-5-7-18-8-6-14/h1-4,14,18H,5-13H2. The second kappa shape index (κ2) is 7.61. The van der Waals surface area contributed by atoms with Crippen molar-refractivity contribution in [3.05, 3.63) is 29.8 Å². The number of nitrogens with one attached hydrogen (secondary N) is 1. The lowest BCUT2D eigenvalue weighted by Gasteiger charge is -2.28. The van der Waals surface area contributed by atoms with Crippen molar-refractivity contribution in [3.8, 4) is 5.75 Å². The van der Waals surface area contributed by atoms with Crippen molar-refractivity contribution in [2.75, 3.05) is 46.0 Å². The maximum absolute atomic E-state index is 12.7. The first-order valence-electron chi connectivity index (χ1n) is 8.14. The number of ether oxygens (including phenoxy) is 2. The Bertz CT molecular complexity index is 494. The molecule has 2 heterocycles. The van der Waals surface area contributed by atoms with Crippen molar-refractivity contribution in [1.82, 2.24) is 10.2 Å². The van der Waals surface area contributed by atoms with Gasteiger partial charge in [-0.15, -0.1) is 0 Å². The maximum atomic E-state index is 12.7. The molecule has 0 aromatic heterocycles. The third kappa shape index (κ3) is 3.78. The fraction of sp³-hybridized carbons (Fsp3) is 0.588. The largest absolute Gasteiger partial charge is 0.492 e. The molecule has 0 bridgehead atoms. The molecule has 0 atom stereocenters. The number of para-hydroxylation sites is 1. The van der Waals surface area contributed by atoms with Crippen LogP contribution in [0.25, 0.3) is 0 Å². The van der Waals surface area contributed by atoms with E-state index in [2.05, 4.69) is 5.32 Å². The lowest BCUT2D eigenvalue weighted by atomic mass is 9.99. The molecular formula is C17H24N2O3. The highest BCUT2D eigenvalue weighted by atomic mass is 16.5. The minimum absolute atomic E-state index is 0.0456. The van der Waals surface area contributed by atoms with E-state index in [1.807, 2.05) is 29.2 Å². The highest BCUT2D eigenvalue weighted by Crippen LogP contribution is 2.22. The van der Waals surface area contributed by atoms with Gasteiger partial charge in [-0.25, -0.2) is 0 Å². The van der Waals surface area contributed by atoms with Crippen molar-refractivity contribution in [2.45, 2.75) is 12.8 Å². The molecule has 0 saturated carbocycles. The molecule has 1 aromatic rings. The highest BCUT2D eigenvalue weighted by Gasteiger charge is 2.22. The highest BCUT2D eigenvalue weighted by molar-refractivity contribution is 5.97. The molecule has 5 nitrogen and oxygen atoms in total. The predicted molar refractivity (Wildman–Crippen MR) is 84.3 cm³/mol. The summed E-state index contributed by atoms with van der Waals surface area (Å²) < 4.78 is 11.3. The van der Waals surface area contributed by atoms with Gasteiger partial charge in [0.05, 0.1) is 25.4 Å². The Kier molecular flexibility index (Phi) is 5.29. The zero-order valence-corrected chi connectivity index (χ0v) is 12.9. The molecular weight excluding hydrogens is 280 g/mol. The first-order chi connectivity index (χ1) is 10.8. The van der Waals surface area contributed by atoms with E-state index in [1.165, 1.54) is 0 Å². The monoisotopic (exact) mass is 304 g/mol. The van der Waals surface area contributed by atoms with Gasteiger partial charge in [-0.3, -0.25) is 4.79 Å². The van der Waals surface area contributed by atoms with Gasteiger partial charge in [0, 0.05) is 13.1 Å². The Hall–Kier alpha value is -1.59. The summed E-state index contributed by atoms with van der Waals surface area (Å²) in [5, 5.41) is 3.36. The van der Waals surface area contributed by atoms with Crippen LogP contribution >= 0.6 is 0 Å². The maximum Gasteiger partial charge on any atom is 0.257 e. The summed E-state index contributed by atoms with van der Waals surface area (Å²) in [6.07, 6.45) is 2.28. The average molecular weight is 304 g/mol. The Morgan fingerprint density at radius 3 is 2.73 bits per heavy atom. The van der Waals surface area contributed by atoms with E-state index < -0.39 is 0 Å². The minimum atomic E-state index is 0.0456. The fourth-order valence-corrected chi connectivity index (χ4v) is 2.96. The average Bonchev–Trinajstić information content (AvgIpc) is 2.61.